The van der Waals surface area contributed by atoms with Crippen LogP contribution >= 0.6 is 11.3 Å². The van der Waals surface area contributed by atoms with E-state index < -0.39 is 0 Å². The number of hydrogen-bond acceptors (Lipinski definition) is 7. The van der Waals surface area contributed by atoms with Crippen LogP contribution in [0.5, 0.6) is 0 Å². The summed E-state index contributed by atoms with van der Waals surface area (Å²) in [5.74, 6) is 0.216. The van der Waals surface area contributed by atoms with Gasteiger partial charge in [0.15, 0.2) is 5.13 Å². The molecule has 1 fully saturated rings. The summed E-state index contributed by atoms with van der Waals surface area (Å²) < 4.78 is 0. The number of benzene rings is 1. The molecule has 1 aromatic heterocycles. The third-order valence-corrected chi connectivity index (χ3v) is 6.24. The van der Waals surface area contributed by atoms with Gasteiger partial charge in [-0.3, -0.25) is 22.8 Å². The van der Waals surface area contributed by atoms with Crippen LogP contribution < -0.4 is 62.0 Å². The van der Waals surface area contributed by atoms with E-state index in [0.29, 0.717) is 17.1 Å². The summed E-state index contributed by atoms with van der Waals surface area (Å²) in [6.07, 6.45) is 8.66. The van der Waals surface area contributed by atoms with Gasteiger partial charge in [0.1, 0.15) is 0 Å². The monoisotopic (exact) mass is 510 g/mol. The second-order valence-electron chi connectivity index (χ2n) is 8.40. The van der Waals surface area contributed by atoms with Crippen LogP contribution in [0.25, 0.3) is 0 Å². The van der Waals surface area contributed by atoms with Crippen molar-refractivity contribution in [2.24, 2.45) is 5.92 Å². The van der Waals surface area contributed by atoms with E-state index >= 15 is 0 Å². The Morgan fingerprint density at radius 1 is 1.35 bits per heavy atom. The summed E-state index contributed by atoms with van der Waals surface area (Å²) in [5, 5.41) is 17.4. The van der Waals surface area contributed by atoms with Gasteiger partial charge in [-0.2, -0.15) is 18.9 Å². The molecule has 0 spiro atoms. The Balaban J connectivity index is 0.000000331. The van der Waals surface area contributed by atoms with Crippen LogP contribution in [-0.4, -0.2) is 61.0 Å². The van der Waals surface area contributed by atoms with Crippen LogP contribution in [0.4, 0.5) is 10.8 Å². The Kier molecular flexibility index (Phi) is 15.4. The number of carbonyl (C=O) groups excluding carboxylic acids is 2. The SMILES string of the molecule is O=C(Nc1nc(CCO)cs1)C1CC[CH-]CC1.[CH2-]c1c(C)cc(NCCN(C)C)cc1[C-]=O.[K+]. The molecule has 1 aromatic carbocycles. The van der Waals surface area contributed by atoms with Crippen LogP contribution in [0.2, 0.25) is 0 Å². The van der Waals surface area contributed by atoms with Crippen molar-refractivity contribution < 1.29 is 66.1 Å². The number of likely N-dealkylation sites (N-methyl/N-ethyl adjacent to an activating group) is 1. The maximum Gasteiger partial charge on any atom is 1.00 e. The van der Waals surface area contributed by atoms with Gasteiger partial charge in [0.2, 0.25) is 5.91 Å². The minimum Gasteiger partial charge on any atom is -0.396 e. The number of nitrogens with zero attached hydrogens (tertiary/aromatic N) is 2. The molecule has 2 aromatic rings. The van der Waals surface area contributed by atoms with Crippen molar-refractivity contribution >= 4 is 34.3 Å². The topological polar surface area (TPSA) is 94.6 Å². The van der Waals surface area contributed by atoms with Crippen molar-refractivity contribution in [3.8, 4) is 0 Å². The van der Waals surface area contributed by atoms with Gasteiger partial charge in [0.25, 0.3) is 0 Å². The van der Waals surface area contributed by atoms with Crippen LogP contribution in [0, 0.1) is 26.2 Å². The van der Waals surface area contributed by atoms with Crippen LogP contribution in [0.15, 0.2) is 17.5 Å². The number of aliphatic hydroxyl groups excluding tert-OH is 1. The second kappa shape index (κ2) is 16.8. The third-order valence-electron chi connectivity index (χ3n) is 5.43. The molecule has 0 aliphatic heterocycles. The van der Waals surface area contributed by atoms with Gasteiger partial charge in [-0.15, -0.1) is 17.4 Å². The number of aryl methyl sites for hydroxylation is 1. The first-order chi connectivity index (χ1) is 15.8. The largest absolute Gasteiger partial charge is 1.00 e. The molecule has 0 atom stereocenters. The predicted octanol–water partition coefficient (Wildman–Crippen LogP) is 0.623. The van der Waals surface area contributed by atoms with Gasteiger partial charge in [-0.1, -0.05) is 19.8 Å². The van der Waals surface area contributed by atoms with E-state index in [1.807, 2.05) is 38.8 Å². The average molecular weight is 511 g/mol. The molecular weight excluding hydrogens is 475 g/mol. The molecule has 7 nitrogen and oxygen atoms in total. The molecule has 182 valence electrons. The molecule has 0 radical (unpaired) electrons. The Bertz CT molecular complexity index is 898. The van der Waals surface area contributed by atoms with Crippen molar-refractivity contribution in [1.82, 2.24) is 9.88 Å². The standard InChI is InChI=1S/C13H18N2O.C12H17N2O2S.K/c1-10-7-13(14-5-6-15(3)4)8-12(9-16)11(10)2;15-7-6-10-8-17-12(13-10)14-11(16)9-4-2-1-3-5-9;/h7-8,14H,2,5-6H2,1,3-4H3;1,8-9,15H,2-7H2,(H,13,14,16);/q-2;-1;+1. The predicted molar refractivity (Wildman–Crippen MR) is 135 cm³/mol. The molecule has 1 saturated carbocycles. The van der Waals surface area contributed by atoms with Crippen molar-refractivity contribution in [1.29, 1.82) is 0 Å². The van der Waals surface area contributed by atoms with Crippen molar-refractivity contribution in [2.75, 3.05) is 44.4 Å². The molecule has 34 heavy (non-hydrogen) atoms. The second-order valence-corrected chi connectivity index (χ2v) is 9.26. The maximum absolute atomic E-state index is 11.9. The minimum absolute atomic E-state index is 0. The summed E-state index contributed by atoms with van der Waals surface area (Å²) in [5.41, 5.74) is 4.09. The fourth-order valence-corrected chi connectivity index (χ4v) is 4.17. The van der Waals surface area contributed by atoms with E-state index in [1.165, 1.54) is 11.3 Å². The summed E-state index contributed by atoms with van der Waals surface area (Å²) in [6, 6.07) is 3.79. The van der Waals surface area contributed by atoms with Crippen molar-refractivity contribution in [3.05, 3.63) is 53.2 Å². The van der Waals surface area contributed by atoms with Crippen LogP contribution in [0.1, 0.15) is 48.1 Å². The number of hydrogen-bond donors (Lipinski definition) is 3. The zero-order chi connectivity index (χ0) is 24.2. The van der Waals surface area contributed by atoms with E-state index in [1.54, 1.807) is 6.07 Å². The van der Waals surface area contributed by atoms with Crippen LogP contribution in [-0.2, 0) is 16.0 Å². The summed E-state index contributed by atoms with van der Waals surface area (Å²) in [4.78, 5) is 29.0. The van der Waals surface area contributed by atoms with Gasteiger partial charge in [-0.25, -0.2) is 10.5 Å². The van der Waals surface area contributed by atoms with Gasteiger partial charge < -0.3 is 31.9 Å². The first kappa shape index (κ1) is 31.2. The number of carbonyl (C=O) groups is 1. The van der Waals surface area contributed by atoms with Gasteiger partial charge in [-0.05, 0) is 26.1 Å². The summed E-state index contributed by atoms with van der Waals surface area (Å²) in [7, 11) is 4.05. The quantitative estimate of drug-likeness (QED) is 0.338. The zero-order valence-corrected chi connectivity index (χ0v) is 24.8. The molecule has 1 heterocycles. The first-order valence-corrected chi connectivity index (χ1v) is 12.1. The zero-order valence-electron chi connectivity index (χ0n) is 20.8. The smallest absolute Gasteiger partial charge is 0.396 e. The van der Waals surface area contributed by atoms with E-state index in [2.05, 4.69) is 33.9 Å². The average Bonchev–Trinajstić information content (AvgIpc) is 3.24. The Hall–Kier alpha value is -0.784. The minimum atomic E-state index is 0. The van der Waals surface area contributed by atoms with E-state index in [4.69, 9.17) is 5.11 Å². The van der Waals surface area contributed by atoms with E-state index in [-0.39, 0.29) is 69.8 Å². The molecule has 1 aliphatic rings. The molecule has 3 N–H and O–H groups in total. The number of amides is 1. The fraction of sp³-hybridized carbons (Fsp3) is 0.480. The molecule has 1 aliphatic carbocycles. The molecule has 0 bridgehead atoms. The van der Waals surface area contributed by atoms with E-state index in [0.717, 1.165) is 61.3 Å². The molecule has 9 heteroatoms. The van der Waals surface area contributed by atoms with Gasteiger partial charge >= 0.3 is 51.4 Å². The van der Waals surface area contributed by atoms with Gasteiger partial charge in [0.05, 0.1) is 5.69 Å². The first-order valence-electron chi connectivity index (χ1n) is 11.2. The summed E-state index contributed by atoms with van der Waals surface area (Å²) >= 11 is 1.42. The summed E-state index contributed by atoms with van der Waals surface area (Å²) in [6.45, 7) is 7.68. The molecule has 0 saturated heterocycles. The van der Waals surface area contributed by atoms with Gasteiger partial charge in [0, 0.05) is 37.4 Å². The molecule has 0 unspecified atom stereocenters. The number of aliphatic hydroxyl groups is 1. The number of thiazole rings is 1. The fourth-order valence-electron chi connectivity index (χ4n) is 3.42. The maximum atomic E-state index is 11.9. The molecular formula is C25H35KN4O3S-2. The third kappa shape index (κ3) is 10.9. The number of nitrogens with one attached hydrogen (secondary N) is 2. The molecule has 1 amide bonds. The van der Waals surface area contributed by atoms with Crippen molar-refractivity contribution in [2.45, 2.75) is 39.0 Å². The number of rotatable bonds is 9. The van der Waals surface area contributed by atoms with Crippen LogP contribution in [0.3, 0.4) is 0 Å². The Morgan fingerprint density at radius 3 is 2.68 bits per heavy atom. The Morgan fingerprint density at radius 2 is 2.06 bits per heavy atom. The van der Waals surface area contributed by atoms with E-state index in [9.17, 15) is 9.59 Å². The Labute approximate surface area is 250 Å². The molecule has 3 rings (SSSR count). The number of anilines is 2. The van der Waals surface area contributed by atoms with Crippen molar-refractivity contribution in [3.63, 3.8) is 0 Å². The number of aromatic nitrogens is 1. The normalized spacial score (nSPS) is 13.4.